The molecule has 160 valence electrons. The van der Waals surface area contributed by atoms with E-state index in [1.807, 2.05) is 24.4 Å². The molecule has 6 nitrogen and oxygen atoms in total. The van der Waals surface area contributed by atoms with Crippen molar-refractivity contribution in [2.24, 2.45) is 0 Å². The molecule has 2 N–H and O–H groups in total. The van der Waals surface area contributed by atoms with E-state index in [-0.39, 0.29) is 5.91 Å². The molecule has 1 amide bonds. The third-order valence-electron chi connectivity index (χ3n) is 6.22. The summed E-state index contributed by atoms with van der Waals surface area (Å²) in [5.74, 6) is 0.957. The number of carbonyl (C=O) groups excluding carboxylic acids is 1. The van der Waals surface area contributed by atoms with Gasteiger partial charge < -0.3 is 15.5 Å². The summed E-state index contributed by atoms with van der Waals surface area (Å²) in [7, 11) is 0. The van der Waals surface area contributed by atoms with Gasteiger partial charge in [-0.25, -0.2) is 0 Å². The number of fused-ring (bicyclic) bond motifs is 1. The van der Waals surface area contributed by atoms with Gasteiger partial charge in [0.25, 0.3) is 5.91 Å². The molecule has 0 bridgehead atoms. The van der Waals surface area contributed by atoms with E-state index in [1.54, 1.807) is 0 Å². The standard InChI is InChI=1S/C25H29N5O/c1-15-4-5-19(25(31)28-21-7-8-21)11-23(15)18-6-9-22-20(10-18)12-26-29-24(22)30-13-16(2)27-17(3)14-30/h4-6,9-12,16-17,21,27H,7-8,13-14H2,1-3H3,(H,28,31)/t16-,17+. The second kappa shape index (κ2) is 7.93. The first-order valence-electron chi connectivity index (χ1n) is 11.2. The lowest BCUT2D eigenvalue weighted by Crippen LogP contribution is -2.54. The number of anilines is 1. The minimum absolute atomic E-state index is 0.0136. The minimum Gasteiger partial charge on any atom is -0.352 e. The fraction of sp³-hybridized carbons (Fsp3) is 0.400. The van der Waals surface area contributed by atoms with Crippen LogP contribution in [0.1, 0.15) is 42.6 Å². The predicted octanol–water partition coefficient (Wildman–Crippen LogP) is 3.68. The van der Waals surface area contributed by atoms with Crippen LogP contribution in [0.5, 0.6) is 0 Å². The number of piperazine rings is 1. The average Bonchev–Trinajstić information content (AvgIpc) is 3.56. The van der Waals surface area contributed by atoms with Crippen LogP contribution in [0.3, 0.4) is 0 Å². The Morgan fingerprint density at radius 1 is 1.10 bits per heavy atom. The molecule has 1 saturated carbocycles. The lowest BCUT2D eigenvalue weighted by atomic mass is 9.96. The van der Waals surface area contributed by atoms with E-state index in [0.717, 1.165) is 59.2 Å². The van der Waals surface area contributed by atoms with E-state index in [0.29, 0.717) is 23.7 Å². The number of carbonyl (C=O) groups is 1. The van der Waals surface area contributed by atoms with Gasteiger partial charge in [0.1, 0.15) is 0 Å². The van der Waals surface area contributed by atoms with Crippen molar-refractivity contribution < 1.29 is 4.79 Å². The SMILES string of the molecule is Cc1ccc(C(=O)NC2CC2)cc1-c1ccc2c(N3C[C@@H](C)N[C@@H](C)C3)nncc2c1. The summed E-state index contributed by atoms with van der Waals surface area (Å²) in [5, 5.41) is 17.6. The van der Waals surface area contributed by atoms with Crippen molar-refractivity contribution in [1.29, 1.82) is 0 Å². The molecule has 1 aliphatic carbocycles. The van der Waals surface area contributed by atoms with Crippen molar-refractivity contribution in [3.8, 4) is 11.1 Å². The normalized spacial score (nSPS) is 21.3. The quantitative estimate of drug-likeness (QED) is 0.680. The highest BCUT2D eigenvalue weighted by Crippen LogP contribution is 2.31. The molecule has 1 aliphatic heterocycles. The lowest BCUT2D eigenvalue weighted by Gasteiger charge is -2.37. The van der Waals surface area contributed by atoms with Crippen molar-refractivity contribution in [1.82, 2.24) is 20.8 Å². The van der Waals surface area contributed by atoms with E-state index in [2.05, 4.69) is 64.7 Å². The second-order valence-electron chi connectivity index (χ2n) is 9.12. The molecule has 2 aliphatic rings. The molecular formula is C25H29N5O. The van der Waals surface area contributed by atoms with Crippen LogP contribution in [0.25, 0.3) is 21.9 Å². The van der Waals surface area contributed by atoms with Gasteiger partial charge in [0.15, 0.2) is 5.82 Å². The van der Waals surface area contributed by atoms with Crippen molar-refractivity contribution in [2.75, 3.05) is 18.0 Å². The number of amides is 1. The van der Waals surface area contributed by atoms with E-state index < -0.39 is 0 Å². The smallest absolute Gasteiger partial charge is 0.251 e. The Labute approximate surface area is 183 Å². The summed E-state index contributed by atoms with van der Waals surface area (Å²) in [5.41, 5.74) is 4.03. The van der Waals surface area contributed by atoms with Gasteiger partial charge in [-0.05, 0) is 74.6 Å². The summed E-state index contributed by atoms with van der Waals surface area (Å²) < 4.78 is 0. The number of hydrogen-bond donors (Lipinski definition) is 2. The van der Waals surface area contributed by atoms with Crippen LogP contribution < -0.4 is 15.5 Å². The highest BCUT2D eigenvalue weighted by molar-refractivity contribution is 5.98. The molecular weight excluding hydrogens is 386 g/mol. The topological polar surface area (TPSA) is 70.2 Å². The maximum atomic E-state index is 12.5. The number of aryl methyl sites for hydroxylation is 1. The molecule has 1 aromatic heterocycles. The van der Waals surface area contributed by atoms with Gasteiger partial charge in [-0.1, -0.05) is 12.1 Å². The van der Waals surface area contributed by atoms with Crippen LogP contribution >= 0.6 is 0 Å². The molecule has 2 fully saturated rings. The zero-order valence-corrected chi connectivity index (χ0v) is 18.4. The molecule has 6 heteroatoms. The van der Waals surface area contributed by atoms with Crippen molar-refractivity contribution in [3.05, 3.63) is 53.7 Å². The summed E-state index contributed by atoms with van der Waals surface area (Å²) in [6.45, 7) is 8.32. The minimum atomic E-state index is 0.0136. The van der Waals surface area contributed by atoms with Crippen LogP contribution in [-0.4, -0.2) is 47.3 Å². The maximum absolute atomic E-state index is 12.5. The number of nitrogens with one attached hydrogen (secondary N) is 2. The number of benzene rings is 2. The molecule has 0 radical (unpaired) electrons. The van der Waals surface area contributed by atoms with Crippen LogP contribution in [0.15, 0.2) is 42.6 Å². The van der Waals surface area contributed by atoms with E-state index >= 15 is 0 Å². The second-order valence-corrected chi connectivity index (χ2v) is 9.12. The van der Waals surface area contributed by atoms with Gasteiger partial charge in [0.2, 0.25) is 0 Å². The average molecular weight is 416 g/mol. The van der Waals surface area contributed by atoms with Gasteiger partial charge in [0, 0.05) is 47.6 Å². The number of rotatable bonds is 4. The van der Waals surface area contributed by atoms with Crippen molar-refractivity contribution in [3.63, 3.8) is 0 Å². The Hall–Kier alpha value is -2.99. The summed E-state index contributed by atoms with van der Waals surface area (Å²) >= 11 is 0. The summed E-state index contributed by atoms with van der Waals surface area (Å²) in [6, 6.07) is 13.5. The Balaban J connectivity index is 1.50. The number of hydrogen-bond acceptors (Lipinski definition) is 5. The van der Waals surface area contributed by atoms with Crippen molar-refractivity contribution in [2.45, 2.75) is 51.7 Å². The first-order valence-corrected chi connectivity index (χ1v) is 11.2. The highest BCUT2D eigenvalue weighted by atomic mass is 16.1. The van der Waals surface area contributed by atoms with Gasteiger partial charge >= 0.3 is 0 Å². The zero-order chi connectivity index (χ0) is 21.5. The van der Waals surface area contributed by atoms with Gasteiger partial charge in [-0.3, -0.25) is 4.79 Å². The summed E-state index contributed by atoms with van der Waals surface area (Å²) in [6.07, 6.45) is 4.00. The molecule has 2 heterocycles. The third kappa shape index (κ3) is 4.12. The first-order chi connectivity index (χ1) is 15.0. The molecule has 3 aromatic rings. The van der Waals surface area contributed by atoms with Crippen LogP contribution in [0.2, 0.25) is 0 Å². The zero-order valence-electron chi connectivity index (χ0n) is 18.4. The largest absolute Gasteiger partial charge is 0.352 e. The molecule has 0 spiro atoms. The number of aromatic nitrogens is 2. The fourth-order valence-corrected chi connectivity index (χ4v) is 4.54. The van der Waals surface area contributed by atoms with Crippen molar-refractivity contribution >= 4 is 22.5 Å². The van der Waals surface area contributed by atoms with E-state index in [4.69, 9.17) is 0 Å². The fourth-order valence-electron chi connectivity index (χ4n) is 4.54. The Morgan fingerprint density at radius 3 is 2.61 bits per heavy atom. The first kappa shape index (κ1) is 19.9. The van der Waals surface area contributed by atoms with Crippen LogP contribution in [-0.2, 0) is 0 Å². The molecule has 5 rings (SSSR count). The number of nitrogens with zero attached hydrogens (tertiary/aromatic N) is 3. The van der Waals surface area contributed by atoms with Gasteiger partial charge in [-0.2, -0.15) is 5.10 Å². The summed E-state index contributed by atoms with van der Waals surface area (Å²) in [4.78, 5) is 14.9. The molecule has 1 saturated heterocycles. The Bertz CT molecular complexity index is 1130. The van der Waals surface area contributed by atoms with E-state index in [9.17, 15) is 4.79 Å². The molecule has 2 aromatic carbocycles. The van der Waals surface area contributed by atoms with Crippen LogP contribution in [0, 0.1) is 6.92 Å². The third-order valence-corrected chi connectivity index (χ3v) is 6.22. The van der Waals surface area contributed by atoms with E-state index in [1.165, 1.54) is 0 Å². The van der Waals surface area contributed by atoms with Gasteiger partial charge in [0.05, 0.1) is 6.20 Å². The molecule has 31 heavy (non-hydrogen) atoms. The monoisotopic (exact) mass is 415 g/mol. The Morgan fingerprint density at radius 2 is 1.87 bits per heavy atom. The van der Waals surface area contributed by atoms with Crippen LogP contribution in [0.4, 0.5) is 5.82 Å². The maximum Gasteiger partial charge on any atom is 0.251 e. The Kier molecular flexibility index (Phi) is 5.10. The molecule has 2 atom stereocenters. The predicted molar refractivity (Wildman–Crippen MR) is 124 cm³/mol. The van der Waals surface area contributed by atoms with Gasteiger partial charge in [-0.15, -0.1) is 5.10 Å². The highest BCUT2D eigenvalue weighted by Gasteiger charge is 2.25. The molecule has 0 unspecified atom stereocenters. The lowest BCUT2D eigenvalue weighted by molar-refractivity contribution is 0.0951.